The maximum atomic E-state index is 12.0. The fourth-order valence-corrected chi connectivity index (χ4v) is 2.99. The van der Waals surface area contributed by atoms with E-state index in [1.165, 1.54) is 24.3 Å². The van der Waals surface area contributed by atoms with E-state index in [-0.39, 0.29) is 18.1 Å². The van der Waals surface area contributed by atoms with Crippen molar-refractivity contribution < 1.29 is 22.7 Å². The van der Waals surface area contributed by atoms with E-state index >= 15 is 0 Å². The van der Waals surface area contributed by atoms with Crippen LogP contribution in [-0.2, 0) is 19.4 Å². The molecule has 0 bridgehead atoms. The smallest absolute Gasteiger partial charge is 0.321 e. The average molecular weight is 355 g/mol. The van der Waals surface area contributed by atoms with Crippen molar-refractivity contribution in [2.75, 3.05) is 19.0 Å². The lowest BCUT2D eigenvalue weighted by Gasteiger charge is -2.08. The van der Waals surface area contributed by atoms with Crippen molar-refractivity contribution in [3.05, 3.63) is 59.6 Å². The Morgan fingerprint density at radius 1 is 0.957 bits per heavy atom. The number of esters is 1. The van der Waals surface area contributed by atoms with E-state index < -0.39 is 21.6 Å². The molecule has 0 spiro atoms. The zero-order chi connectivity index (χ0) is 16.7. The van der Waals surface area contributed by atoms with E-state index in [4.69, 9.17) is 21.1 Å². The minimum atomic E-state index is -3.74. The number of benzene rings is 2. The summed E-state index contributed by atoms with van der Waals surface area (Å²) in [7, 11) is -3.74. The van der Waals surface area contributed by atoms with Crippen molar-refractivity contribution in [2.24, 2.45) is 0 Å². The number of halogens is 1. The summed E-state index contributed by atoms with van der Waals surface area (Å²) in [6.45, 7) is 0.126. The molecule has 0 saturated carbocycles. The summed E-state index contributed by atoms with van der Waals surface area (Å²) in [5.41, 5.74) is 0. The number of carbonyl (C=O) groups excluding carboxylic acids is 1. The van der Waals surface area contributed by atoms with Gasteiger partial charge in [0.15, 0.2) is 15.6 Å². The first-order chi connectivity index (χ1) is 11.0. The van der Waals surface area contributed by atoms with Crippen LogP contribution in [0.3, 0.4) is 0 Å². The van der Waals surface area contributed by atoms with Crippen LogP contribution in [-0.4, -0.2) is 33.4 Å². The molecule has 0 aliphatic carbocycles. The zero-order valence-corrected chi connectivity index (χ0v) is 13.7. The molecule has 0 aromatic heterocycles. The average Bonchev–Trinajstić information content (AvgIpc) is 2.52. The standard InChI is InChI=1S/C16H15ClO5S/c17-13-6-8-15(9-7-13)23(19,20)12-16(18)22-11-10-21-14-4-2-1-3-5-14/h1-9H,10-12H2. The first-order valence-electron chi connectivity index (χ1n) is 6.79. The third kappa shape index (κ3) is 5.58. The summed E-state index contributed by atoms with van der Waals surface area (Å²) < 4.78 is 34.3. The molecule has 122 valence electrons. The lowest BCUT2D eigenvalue weighted by atomic mass is 10.3. The highest BCUT2D eigenvalue weighted by Gasteiger charge is 2.20. The molecule has 0 heterocycles. The fraction of sp³-hybridized carbons (Fsp3) is 0.188. The van der Waals surface area contributed by atoms with Gasteiger partial charge >= 0.3 is 5.97 Å². The Balaban J connectivity index is 1.79. The van der Waals surface area contributed by atoms with E-state index in [0.717, 1.165) is 0 Å². The number of ether oxygens (including phenoxy) is 2. The molecule has 0 aliphatic rings. The van der Waals surface area contributed by atoms with E-state index in [9.17, 15) is 13.2 Å². The normalized spacial score (nSPS) is 11.0. The number of sulfone groups is 1. The molecule has 0 aliphatic heterocycles. The van der Waals surface area contributed by atoms with Crippen LogP contribution in [0.2, 0.25) is 5.02 Å². The number of carbonyl (C=O) groups is 1. The summed E-state index contributed by atoms with van der Waals surface area (Å²) in [6.07, 6.45) is 0. The van der Waals surface area contributed by atoms with Crippen molar-refractivity contribution in [2.45, 2.75) is 4.90 Å². The fourth-order valence-electron chi connectivity index (χ4n) is 1.75. The molecule has 2 aromatic rings. The molecule has 2 rings (SSSR count). The maximum Gasteiger partial charge on any atom is 0.321 e. The third-order valence-electron chi connectivity index (χ3n) is 2.84. The molecule has 23 heavy (non-hydrogen) atoms. The van der Waals surface area contributed by atoms with Gasteiger partial charge in [0, 0.05) is 5.02 Å². The minimum absolute atomic E-state index is 0.0239. The first kappa shape index (κ1) is 17.3. The highest BCUT2D eigenvalue weighted by atomic mass is 35.5. The van der Waals surface area contributed by atoms with Crippen LogP contribution in [0.4, 0.5) is 0 Å². The number of hydrogen-bond donors (Lipinski definition) is 0. The van der Waals surface area contributed by atoms with Crippen molar-refractivity contribution in [3.63, 3.8) is 0 Å². The van der Waals surface area contributed by atoms with Gasteiger partial charge < -0.3 is 9.47 Å². The quantitative estimate of drug-likeness (QED) is 0.565. The van der Waals surface area contributed by atoms with E-state index in [1.54, 1.807) is 12.1 Å². The number of rotatable bonds is 7. The van der Waals surface area contributed by atoms with Gasteiger partial charge in [0.1, 0.15) is 19.0 Å². The molecule has 0 fully saturated rings. The highest BCUT2D eigenvalue weighted by molar-refractivity contribution is 7.92. The van der Waals surface area contributed by atoms with Gasteiger partial charge in [0.25, 0.3) is 0 Å². The molecule has 0 atom stereocenters. The predicted octanol–water partition coefficient (Wildman–Crippen LogP) is 2.74. The van der Waals surface area contributed by atoms with Gasteiger partial charge in [0.2, 0.25) is 0 Å². The van der Waals surface area contributed by atoms with Crippen molar-refractivity contribution >= 4 is 27.4 Å². The molecule has 2 aromatic carbocycles. The summed E-state index contributed by atoms with van der Waals surface area (Å²) in [5.74, 6) is -0.895. The van der Waals surface area contributed by atoms with Crippen LogP contribution in [0, 0.1) is 0 Å². The van der Waals surface area contributed by atoms with Gasteiger partial charge in [0.05, 0.1) is 4.90 Å². The Hall–Kier alpha value is -2.05. The van der Waals surface area contributed by atoms with Gasteiger partial charge in [-0.3, -0.25) is 4.79 Å². The second kappa shape index (κ2) is 7.99. The van der Waals surface area contributed by atoms with Crippen LogP contribution in [0.1, 0.15) is 0 Å². The van der Waals surface area contributed by atoms with E-state index in [1.807, 2.05) is 18.2 Å². The van der Waals surface area contributed by atoms with Gasteiger partial charge in [-0.15, -0.1) is 0 Å². The molecule has 0 amide bonds. The van der Waals surface area contributed by atoms with Crippen LogP contribution in [0.15, 0.2) is 59.5 Å². The monoisotopic (exact) mass is 354 g/mol. The predicted molar refractivity (Wildman–Crippen MR) is 86.4 cm³/mol. The van der Waals surface area contributed by atoms with Gasteiger partial charge in [-0.25, -0.2) is 8.42 Å². The largest absolute Gasteiger partial charge is 0.490 e. The lowest BCUT2D eigenvalue weighted by molar-refractivity contribution is -0.141. The minimum Gasteiger partial charge on any atom is -0.490 e. The topological polar surface area (TPSA) is 69.7 Å². The Bertz CT molecular complexity index is 742. The molecule has 5 nitrogen and oxygen atoms in total. The van der Waals surface area contributed by atoms with Crippen molar-refractivity contribution in [1.29, 1.82) is 0 Å². The second-order valence-electron chi connectivity index (χ2n) is 4.59. The van der Waals surface area contributed by atoms with Crippen LogP contribution in [0.5, 0.6) is 5.75 Å². The van der Waals surface area contributed by atoms with E-state index in [2.05, 4.69) is 0 Å². The zero-order valence-electron chi connectivity index (χ0n) is 12.1. The number of hydrogen-bond acceptors (Lipinski definition) is 5. The Morgan fingerprint density at radius 2 is 1.61 bits per heavy atom. The second-order valence-corrected chi connectivity index (χ2v) is 7.02. The van der Waals surface area contributed by atoms with Gasteiger partial charge in [-0.2, -0.15) is 0 Å². The molecule has 7 heteroatoms. The van der Waals surface area contributed by atoms with Crippen molar-refractivity contribution in [1.82, 2.24) is 0 Å². The first-order valence-corrected chi connectivity index (χ1v) is 8.82. The highest BCUT2D eigenvalue weighted by Crippen LogP contribution is 2.15. The molecule has 0 radical (unpaired) electrons. The van der Waals surface area contributed by atoms with E-state index in [0.29, 0.717) is 10.8 Å². The number of para-hydroxylation sites is 1. The summed E-state index contributed by atoms with van der Waals surface area (Å²) in [5, 5.41) is 0.421. The summed E-state index contributed by atoms with van der Waals surface area (Å²) in [6, 6.07) is 14.6. The van der Waals surface area contributed by atoms with Crippen LogP contribution in [0.25, 0.3) is 0 Å². The molecular weight excluding hydrogens is 340 g/mol. The van der Waals surface area contributed by atoms with Gasteiger partial charge in [-0.1, -0.05) is 29.8 Å². The summed E-state index contributed by atoms with van der Waals surface area (Å²) >= 11 is 5.70. The Morgan fingerprint density at radius 3 is 2.26 bits per heavy atom. The Kier molecular flexibility index (Phi) is 6.01. The molecule has 0 saturated heterocycles. The Labute approximate surface area is 139 Å². The SMILES string of the molecule is O=C(CS(=O)(=O)c1ccc(Cl)cc1)OCCOc1ccccc1. The lowest BCUT2D eigenvalue weighted by Crippen LogP contribution is -2.21. The van der Waals surface area contributed by atoms with Crippen molar-refractivity contribution in [3.8, 4) is 5.75 Å². The third-order valence-corrected chi connectivity index (χ3v) is 4.70. The molecule has 0 N–H and O–H groups in total. The van der Waals surface area contributed by atoms with Gasteiger partial charge in [-0.05, 0) is 36.4 Å². The van der Waals surface area contributed by atoms with Crippen LogP contribution >= 0.6 is 11.6 Å². The molecular formula is C16H15ClO5S. The van der Waals surface area contributed by atoms with Crippen LogP contribution < -0.4 is 4.74 Å². The summed E-state index contributed by atoms with van der Waals surface area (Å²) in [4.78, 5) is 11.7. The maximum absolute atomic E-state index is 12.0. The molecule has 0 unspecified atom stereocenters.